The SMILES string of the molecule is CN(C)C(=O)Nc1cccc(-c2ccc(N(C)C)cc2)c1. The third-order valence-electron chi connectivity index (χ3n) is 3.24. The molecule has 0 saturated carbocycles. The van der Waals surface area contributed by atoms with E-state index in [1.54, 1.807) is 14.1 Å². The first-order chi connectivity index (χ1) is 9.97. The van der Waals surface area contributed by atoms with Gasteiger partial charge in [-0.05, 0) is 35.4 Å². The van der Waals surface area contributed by atoms with E-state index in [1.165, 1.54) is 4.90 Å². The number of urea groups is 1. The molecule has 0 aromatic heterocycles. The van der Waals surface area contributed by atoms with E-state index in [0.29, 0.717) is 0 Å². The summed E-state index contributed by atoms with van der Waals surface area (Å²) < 4.78 is 0. The van der Waals surface area contributed by atoms with Crippen LogP contribution in [-0.2, 0) is 0 Å². The first-order valence-corrected chi connectivity index (χ1v) is 6.83. The number of nitrogens with zero attached hydrogens (tertiary/aromatic N) is 2. The lowest BCUT2D eigenvalue weighted by molar-refractivity contribution is 0.230. The molecule has 0 unspecified atom stereocenters. The van der Waals surface area contributed by atoms with Crippen molar-refractivity contribution in [3.8, 4) is 11.1 Å². The molecule has 0 fully saturated rings. The van der Waals surface area contributed by atoms with Crippen LogP contribution >= 0.6 is 0 Å². The van der Waals surface area contributed by atoms with Crippen molar-refractivity contribution < 1.29 is 4.79 Å². The number of carbonyl (C=O) groups is 1. The van der Waals surface area contributed by atoms with Gasteiger partial charge in [-0.25, -0.2) is 4.79 Å². The number of amides is 2. The van der Waals surface area contributed by atoms with Crippen LogP contribution in [0.2, 0.25) is 0 Å². The number of nitrogens with one attached hydrogen (secondary N) is 1. The molecule has 0 radical (unpaired) electrons. The van der Waals surface area contributed by atoms with Crippen molar-refractivity contribution in [2.45, 2.75) is 0 Å². The maximum atomic E-state index is 11.7. The Balaban J connectivity index is 2.22. The molecule has 2 aromatic rings. The fraction of sp³-hybridized carbons (Fsp3) is 0.235. The predicted molar refractivity (Wildman–Crippen MR) is 88.9 cm³/mol. The van der Waals surface area contributed by atoms with Crippen molar-refractivity contribution in [1.29, 1.82) is 0 Å². The molecule has 0 aliphatic heterocycles. The third kappa shape index (κ3) is 3.75. The van der Waals surface area contributed by atoms with Gasteiger partial charge in [0, 0.05) is 39.6 Å². The molecule has 0 atom stereocenters. The van der Waals surface area contributed by atoms with E-state index < -0.39 is 0 Å². The van der Waals surface area contributed by atoms with E-state index in [9.17, 15) is 4.79 Å². The van der Waals surface area contributed by atoms with Gasteiger partial charge >= 0.3 is 6.03 Å². The van der Waals surface area contributed by atoms with Gasteiger partial charge in [-0.15, -0.1) is 0 Å². The van der Waals surface area contributed by atoms with E-state index in [2.05, 4.69) is 34.5 Å². The van der Waals surface area contributed by atoms with Crippen LogP contribution in [0.1, 0.15) is 0 Å². The third-order valence-corrected chi connectivity index (χ3v) is 3.24. The molecular weight excluding hydrogens is 262 g/mol. The zero-order valence-corrected chi connectivity index (χ0v) is 12.9. The molecule has 4 nitrogen and oxygen atoms in total. The van der Waals surface area contributed by atoms with Crippen LogP contribution in [0.4, 0.5) is 16.2 Å². The largest absolute Gasteiger partial charge is 0.378 e. The van der Waals surface area contributed by atoms with E-state index in [-0.39, 0.29) is 6.03 Å². The molecule has 0 heterocycles. The smallest absolute Gasteiger partial charge is 0.321 e. The summed E-state index contributed by atoms with van der Waals surface area (Å²) in [5.74, 6) is 0. The second-order valence-electron chi connectivity index (χ2n) is 5.35. The van der Waals surface area contributed by atoms with Gasteiger partial charge in [0.15, 0.2) is 0 Å². The van der Waals surface area contributed by atoms with Gasteiger partial charge in [-0.2, -0.15) is 0 Å². The summed E-state index contributed by atoms with van der Waals surface area (Å²) in [4.78, 5) is 15.3. The molecule has 0 bridgehead atoms. The van der Waals surface area contributed by atoms with Crippen LogP contribution in [-0.4, -0.2) is 39.1 Å². The maximum Gasteiger partial charge on any atom is 0.321 e. The van der Waals surface area contributed by atoms with Gasteiger partial charge in [-0.1, -0.05) is 24.3 Å². The molecule has 0 spiro atoms. The number of hydrogen-bond acceptors (Lipinski definition) is 2. The summed E-state index contributed by atoms with van der Waals surface area (Å²) in [6.07, 6.45) is 0. The minimum Gasteiger partial charge on any atom is -0.378 e. The Kier molecular flexibility index (Phi) is 4.48. The molecule has 21 heavy (non-hydrogen) atoms. The monoisotopic (exact) mass is 283 g/mol. The highest BCUT2D eigenvalue weighted by atomic mass is 16.2. The average molecular weight is 283 g/mol. The number of carbonyl (C=O) groups excluding carboxylic acids is 1. The summed E-state index contributed by atoms with van der Waals surface area (Å²) in [6, 6.07) is 16.1. The van der Waals surface area contributed by atoms with Gasteiger partial charge in [0.05, 0.1) is 0 Å². The average Bonchev–Trinajstić information content (AvgIpc) is 2.47. The maximum absolute atomic E-state index is 11.7. The molecule has 2 amide bonds. The summed E-state index contributed by atoms with van der Waals surface area (Å²) >= 11 is 0. The summed E-state index contributed by atoms with van der Waals surface area (Å²) in [5.41, 5.74) is 4.16. The Hall–Kier alpha value is -2.49. The van der Waals surface area contributed by atoms with Gasteiger partial charge < -0.3 is 15.1 Å². The number of hydrogen-bond donors (Lipinski definition) is 1. The fourth-order valence-corrected chi connectivity index (χ4v) is 1.96. The van der Waals surface area contributed by atoms with Crippen molar-refractivity contribution >= 4 is 17.4 Å². The molecule has 2 aromatic carbocycles. The van der Waals surface area contributed by atoms with Crippen LogP contribution in [0.25, 0.3) is 11.1 Å². The summed E-state index contributed by atoms with van der Waals surface area (Å²) in [7, 11) is 7.48. The van der Waals surface area contributed by atoms with Crippen molar-refractivity contribution in [3.63, 3.8) is 0 Å². The minimum atomic E-state index is -0.130. The number of anilines is 2. The van der Waals surface area contributed by atoms with Gasteiger partial charge in [0.25, 0.3) is 0 Å². The molecule has 1 N–H and O–H groups in total. The number of benzene rings is 2. The Labute approximate surface area is 126 Å². The topological polar surface area (TPSA) is 35.6 Å². The number of rotatable bonds is 3. The lowest BCUT2D eigenvalue weighted by Crippen LogP contribution is -2.27. The highest BCUT2D eigenvalue weighted by Crippen LogP contribution is 2.24. The van der Waals surface area contributed by atoms with Crippen LogP contribution in [0, 0.1) is 0 Å². The fourth-order valence-electron chi connectivity index (χ4n) is 1.96. The Morgan fingerprint density at radius 1 is 0.905 bits per heavy atom. The molecule has 0 aliphatic carbocycles. The van der Waals surface area contributed by atoms with E-state index in [0.717, 1.165) is 22.5 Å². The summed E-state index contributed by atoms with van der Waals surface area (Å²) in [5, 5.41) is 2.86. The standard InChI is InChI=1S/C17H21N3O/c1-19(2)16-10-8-13(9-11-16)14-6-5-7-15(12-14)18-17(21)20(3)4/h5-12H,1-4H3,(H,18,21). The van der Waals surface area contributed by atoms with E-state index >= 15 is 0 Å². The first-order valence-electron chi connectivity index (χ1n) is 6.83. The normalized spacial score (nSPS) is 10.1. The van der Waals surface area contributed by atoms with Crippen molar-refractivity contribution in [3.05, 3.63) is 48.5 Å². The van der Waals surface area contributed by atoms with Crippen molar-refractivity contribution in [2.24, 2.45) is 0 Å². The zero-order valence-electron chi connectivity index (χ0n) is 12.9. The lowest BCUT2D eigenvalue weighted by atomic mass is 10.0. The molecule has 0 saturated heterocycles. The van der Waals surface area contributed by atoms with E-state index in [4.69, 9.17) is 0 Å². The lowest BCUT2D eigenvalue weighted by Gasteiger charge is -2.14. The summed E-state index contributed by atoms with van der Waals surface area (Å²) in [6.45, 7) is 0. The van der Waals surface area contributed by atoms with Gasteiger partial charge in [0.1, 0.15) is 0 Å². The molecule has 110 valence electrons. The Bertz CT molecular complexity index is 618. The second kappa shape index (κ2) is 6.31. The van der Waals surface area contributed by atoms with Crippen molar-refractivity contribution in [2.75, 3.05) is 38.4 Å². The molecule has 2 rings (SSSR count). The van der Waals surface area contributed by atoms with Crippen LogP contribution < -0.4 is 10.2 Å². The van der Waals surface area contributed by atoms with Crippen molar-refractivity contribution in [1.82, 2.24) is 4.90 Å². The highest BCUT2D eigenvalue weighted by Gasteiger charge is 2.05. The Morgan fingerprint density at radius 2 is 1.57 bits per heavy atom. The predicted octanol–water partition coefficient (Wildman–Crippen LogP) is 3.51. The second-order valence-corrected chi connectivity index (χ2v) is 5.35. The van der Waals surface area contributed by atoms with Gasteiger partial charge in [-0.3, -0.25) is 0 Å². The quantitative estimate of drug-likeness (QED) is 0.935. The van der Waals surface area contributed by atoms with Crippen LogP contribution in [0.3, 0.4) is 0 Å². The molecule has 4 heteroatoms. The first kappa shape index (κ1) is 14.9. The van der Waals surface area contributed by atoms with Crippen LogP contribution in [0.5, 0.6) is 0 Å². The highest BCUT2D eigenvalue weighted by molar-refractivity contribution is 5.89. The molecule has 0 aliphatic rings. The van der Waals surface area contributed by atoms with Gasteiger partial charge in [0.2, 0.25) is 0 Å². The van der Waals surface area contributed by atoms with E-state index in [1.807, 2.05) is 38.4 Å². The molecular formula is C17H21N3O. The zero-order chi connectivity index (χ0) is 15.4. The Morgan fingerprint density at radius 3 is 2.14 bits per heavy atom. The minimum absolute atomic E-state index is 0.130. The van der Waals surface area contributed by atoms with Crippen LogP contribution in [0.15, 0.2) is 48.5 Å².